The number of hydrogen-bond donors (Lipinski definition) is 1. The standard InChI is InChI=1S/C21H31N7O.HI/c1-3-5-16-29-19-18(8-6-9-23-19)17-26-20(22-4-2)27-12-14-28(15-13-27)21-24-10-7-11-25-21;/h6-11H,3-5,12-17H2,1-2H3,(H,22,26);1H. The average Bonchev–Trinajstić information content (AvgIpc) is 2.78. The van der Waals surface area contributed by atoms with E-state index in [-0.39, 0.29) is 24.0 Å². The highest BCUT2D eigenvalue weighted by atomic mass is 127. The number of hydrogen-bond acceptors (Lipinski definition) is 6. The SMILES string of the molecule is CCCCOc1ncccc1CN=C(NCC)N1CCN(c2ncccn2)CC1.I. The van der Waals surface area contributed by atoms with Gasteiger partial charge in [0.15, 0.2) is 5.96 Å². The van der Waals surface area contributed by atoms with Crippen LogP contribution in [0.15, 0.2) is 41.8 Å². The van der Waals surface area contributed by atoms with Crippen LogP contribution in [0.4, 0.5) is 5.95 Å². The Hall–Kier alpha value is -2.17. The van der Waals surface area contributed by atoms with Crippen molar-refractivity contribution in [1.82, 2.24) is 25.2 Å². The number of anilines is 1. The Kier molecular flexibility index (Phi) is 10.6. The molecule has 1 N–H and O–H groups in total. The highest BCUT2D eigenvalue weighted by molar-refractivity contribution is 14.0. The minimum atomic E-state index is 0. The van der Waals surface area contributed by atoms with Crippen molar-refractivity contribution in [2.24, 2.45) is 4.99 Å². The second-order valence-electron chi connectivity index (χ2n) is 6.86. The summed E-state index contributed by atoms with van der Waals surface area (Å²) in [5.74, 6) is 2.40. The predicted molar refractivity (Wildman–Crippen MR) is 131 cm³/mol. The lowest BCUT2D eigenvalue weighted by Crippen LogP contribution is -2.53. The summed E-state index contributed by atoms with van der Waals surface area (Å²) >= 11 is 0. The highest BCUT2D eigenvalue weighted by Gasteiger charge is 2.21. The molecule has 1 fully saturated rings. The second kappa shape index (κ2) is 13.2. The van der Waals surface area contributed by atoms with Gasteiger partial charge in [0.2, 0.25) is 11.8 Å². The first-order chi connectivity index (χ1) is 14.3. The van der Waals surface area contributed by atoms with E-state index in [4.69, 9.17) is 9.73 Å². The molecule has 0 atom stereocenters. The number of piperazine rings is 1. The van der Waals surface area contributed by atoms with Gasteiger partial charge in [-0.15, -0.1) is 24.0 Å². The van der Waals surface area contributed by atoms with Gasteiger partial charge in [-0.1, -0.05) is 19.4 Å². The summed E-state index contributed by atoms with van der Waals surface area (Å²) in [6, 6.07) is 5.81. The van der Waals surface area contributed by atoms with Gasteiger partial charge in [-0.2, -0.15) is 0 Å². The van der Waals surface area contributed by atoms with Gasteiger partial charge in [-0.3, -0.25) is 0 Å². The van der Waals surface area contributed by atoms with Crippen molar-refractivity contribution in [2.45, 2.75) is 33.2 Å². The summed E-state index contributed by atoms with van der Waals surface area (Å²) in [5, 5.41) is 3.41. The second-order valence-corrected chi connectivity index (χ2v) is 6.86. The number of guanidine groups is 1. The van der Waals surface area contributed by atoms with Crippen LogP contribution in [-0.4, -0.2) is 65.1 Å². The van der Waals surface area contributed by atoms with Gasteiger partial charge >= 0.3 is 0 Å². The van der Waals surface area contributed by atoms with Crippen LogP contribution in [0.2, 0.25) is 0 Å². The number of aromatic nitrogens is 3. The lowest BCUT2D eigenvalue weighted by atomic mass is 10.2. The molecule has 0 unspecified atom stereocenters. The zero-order valence-electron chi connectivity index (χ0n) is 17.8. The summed E-state index contributed by atoms with van der Waals surface area (Å²) in [4.78, 5) is 22.4. The topological polar surface area (TPSA) is 78.8 Å². The molecule has 0 spiro atoms. The third kappa shape index (κ3) is 6.96. The molecule has 0 saturated carbocycles. The number of halogens is 1. The normalized spacial score (nSPS) is 14.3. The van der Waals surface area contributed by atoms with Gasteiger partial charge in [0.25, 0.3) is 0 Å². The molecule has 0 radical (unpaired) electrons. The van der Waals surface area contributed by atoms with Crippen LogP contribution < -0.4 is 15.0 Å². The van der Waals surface area contributed by atoms with E-state index in [9.17, 15) is 0 Å². The molecule has 9 heteroatoms. The molecule has 0 aliphatic carbocycles. The molecule has 3 rings (SSSR count). The first kappa shape index (κ1) is 24.1. The number of nitrogens with one attached hydrogen (secondary N) is 1. The molecule has 0 aromatic carbocycles. The minimum Gasteiger partial charge on any atom is -0.477 e. The number of rotatable bonds is 8. The number of nitrogens with zero attached hydrogens (tertiary/aromatic N) is 6. The van der Waals surface area contributed by atoms with Crippen LogP contribution in [0.3, 0.4) is 0 Å². The zero-order chi connectivity index (χ0) is 20.3. The van der Waals surface area contributed by atoms with Crippen molar-refractivity contribution < 1.29 is 4.74 Å². The van der Waals surface area contributed by atoms with Crippen LogP contribution in [0, 0.1) is 0 Å². The van der Waals surface area contributed by atoms with Crippen LogP contribution in [0.25, 0.3) is 0 Å². The van der Waals surface area contributed by atoms with E-state index in [0.29, 0.717) is 19.0 Å². The summed E-state index contributed by atoms with van der Waals surface area (Å²) in [6.07, 6.45) is 7.47. The number of aliphatic imine (C=N–C) groups is 1. The molecule has 2 aromatic rings. The predicted octanol–water partition coefficient (Wildman–Crippen LogP) is 2.96. The van der Waals surface area contributed by atoms with Gasteiger partial charge in [0.1, 0.15) is 0 Å². The quantitative estimate of drug-likeness (QED) is 0.246. The minimum absolute atomic E-state index is 0. The van der Waals surface area contributed by atoms with Crippen molar-refractivity contribution in [3.63, 3.8) is 0 Å². The maximum absolute atomic E-state index is 5.84. The van der Waals surface area contributed by atoms with Gasteiger partial charge in [-0.05, 0) is 25.5 Å². The van der Waals surface area contributed by atoms with E-state index in [2.05, 4.69) is 43.9 Å². The molecular weight excluding hydrogens is 493 g/mol. The molecule has 1 saturated heterocycles. The smallest absolute Gasteiger partial charge is 0.225 e. The number of ether oxygens (including phenoxy) is 1. The summed E-state index contributed by atoms with van der Waals surface area (Å²) in [7, 11) is 0. The molecule has 3 heterocycles. The van der Waals surface area contributed by atoms with Crippen LogP contribution in [0.5, 0.6) is 5.88 Å². The van der Waals surface area contributed by atoms with Crippen LogP contribution in [0.1, 0.15) is 32.3 Å². The largest absolute Gasteiger partial charge is 0.477 e. The molecule has 1 aliphatic rings. The van der Waals surface area contributed by atoms with Crippen molar-refractivity contribution in [2.75, 3.05) is 44.2 Å². The van der Waals surface area contributed by atoms with Crippen molar-refractivity contribution in [3.8, 4) is 5.88 Å². The van der Waals surface area contributed by atoms with Crippen molar-refractivity contribution in [3.05, 3.63) is 42.4 Å². The average molecular weight is 525 g/mol. The van der Waals surface area contributed by atoms with Crippen molar-refractivity contribution in [1.29, 1.82) is 0 Å². The monoisotopic (exact) mass is 525 g/mol. The molecule has 8 nitrogen and oxygen atoms in total. The summed E-state index contributed by atoms with van der Waals surface area (Å²) in [6.45, 7) is 9.78. The van der Waals surface area contributed by atoms with E-state index in [1.807, 2.05) is 18.2 Å². The maximum Gasteiger partial charge on any atom is 0.225 e. The van der Waals surface area contributed by atoms with E-state index in [1.165, 1.54) is 0 Å². The van der Waals surface area contributed by atoms with E-state index in [1.54, 1.807) is 18.6 Å². The third-order valence-corrected chi connectivity index (χ3v) is 4.73. The molecule has 1 aliphatic heterocycles. The fraction of sp³-hybridized carbons (Fsp3) is 0.524. The molecule has 164 valence electrons. The Labute approximate surface area is 196 Å². The Balaban J connectivity index is 0.00000320. The number of unbranched alkanes of at least 4 members (excludes halogenated alkanes) is 1. The van der Waals surface area contributed by atoms with Gasteiger partial charge in [-0.25, -0.2) is 19.9 Å². The Morgan fingerprint density at radius 1 is 1.07 bits per heavy atom. The first-order valence-electron chi connectivity index (χ1n) is 10.4. The van der Waals surface area contributed by atoms with E-state index < -0.39 is 0 Å². The first-order valence-corrected chi connectivity index (χ1v) is 10.4. The highest BCUT2D eigenvalue weighted by Crippen LogP contribution is 2.16. The third-order valence-electron chi connectivity index (χ3n) is 4.73. The van der Waals surface area contributed by atoms with Gasteiger partial charge < -0.3 is 19.9 Å². The summed E-state index contributed by atoms with van der Waals surface area (Å²) < 4.78 is 5.84. The Morgan fingerprint density at radius 3 is 2.50 bits per heavy atom. The zero-order valence-corrected chi connectivity index (χ0v) is 20.2. The van der Waals surface area contributed by atoms with Crippen molar-refractivity contribution >= 4 is 35.9 Å². The van der Waals surface area contributed by atoms with Crippen LogP contribution >= 0.6 is 24.0 Å². The molecule has 0 amide bonds. The molecule has 30 heavy (non-hydrogen) atoms. The van der Waals surface area contributed by atoms with Crippen LogP contribution in [-0.2, 0) is 6.54 Å². The Morgan fingerprint density at radius 2 is 1.80 bits per heavy atom. The fourth-order valence-corrected chi connectivity index (χ4v) is 3.15. The molecular formula is C21H32IN7O. The lowest BCUT2D eigenvalue weighted by molar-refractivity contribution is 0.294. The van der Waals surface area contributed by atoms with Gasteiger partial charge in [0, 0.05) is 56.9 Å². The lowest BCUT2D eigenvalue weighted by Gasteiger charge is -2.36. The number of pyridine rings is 1. The Bertz CT molecular complexity index is 767. The maximum atomic E-state index is 5.84. The van der Waals surface area contributed by atoms with Gasteiger partial charge in [0.05, 0.1) is 13.2 Å². The molecule has 0 bridgehead atoms. The van der Waals surface area contributed by atoms with E-state index in [0.717, 1.165) is 63.0 Å². The fourth-order valence-electron chi connectivity index (χ4n) is 3.15. The van der Waals surface area contributed by atoms with E-state index >= 15 is 0 Å². The summed E-state index contributed by atoms with van der Waals surface area (Å²) in [5.41, 5.74) is 1.01. The molecule has 2 aromatic heterocycles.